The quantitative estimate of drug-likeness (QED) is 0.689. The van der Waals surface area contributed by atoms with E-state index in [1.54, 1.807) is 4.90 Å². The van der Waals surface area contributed by atoms with Crippen molar-refractivity contribution in [2.45, 2.75) is 6.42 Å². The van der Waals surface area contributed by atoms with Gasteiger partial charge >= 0.3 is 0 Å². The Morgan fingerprint density at radius 1 is 1.11 bits per heavy atom. The number of benzene rings is 1. The van der Waals surface area contributed by atoms with Gasteiger partial charge in [-0.05, 0) is 12.1 Å². The van der Waals surface area contributed by atoms with Gasteiger partial charge in [0.25, 0.3) is 0 Å². The maximum Gasteiger partial charge on any atom is 0.169 e. The third kappa shape index (κ3) is 4.66. The van der Waals surface area contributed by atoms with E-state index in [0.717, 1.165) is 6.07 Å². The Morgan fingerprint density at radius 2 is 1.74 bits per heavy atom. The summed E-state index contributed by atoms with van der Waals surface area (Å²) in [4.78, 5) is 13.4. The van der Waals surface area contributed by atoms with Gasteiger partial charge in [0.15, 0.2) is 17.4 Å². The summed E-state index contributed by atoms with van der Waals surface area (Å²) in [6.07, 6.45) is 0.000370. The van der Waals surface area contributed by atoms with Crippen LogP contribution < -0.4 is 0 Å². The third-order valence-corrected chi connectivity index (χ3v) is 2.74. The molecule has 0 saturated heterocycles. The number of aliphatic hydroxyl groups is 2. The fourth-order valence-corrected chi connectivity index (χ4v) is 1.73. The zero-order valence-electron chi connectivity index (χ0n) is 10.5. The average molecular weight is 273 g/mol. The second-order valence-corrected chi connectivity index (χ2v) is 4.06. The van der Waals surface area contributed by atoms with Crippen molar-refractivity contribution in [2.75, 3.05) is 32.8 Å². The SMILES string of the molecule is O=C(CCN(CCO)CCO)c1cccc(F)c1F. The molecule has 4 nitrogen and oxygen atoms in total. The molecule has 0 heterocycles. The molecule has 0 unspecified atom stereocenters. The molecule has 0 radical (unpaired) electrons. The molecule has 0 fully saturated rings. The molecule has 0 aliphatic rings. The predicted molar refractivity (Wildman–Crippen MR) is 65.9 cm³/mol. The second-order valence-electron chi connectivity index (χ2n) is 4.06. The fourth-order valence-electron chi connectivity index (χ4n) is 1.73. The summed E-state index contributed by atoms with van der Waals surface area (Å²) in [5.74, 6) is -2.69. The molecule has 19 heavy (non-hydrogen) atoms. The molecule has 0 bridgehead atoms. The van der Waals surface area contributed by atoms with E-state index in [9.17, 15) is 13.6 Å². The van der Waals surface area contributed by atoms with E-state index in [0.29, 0.717) is 13.1 Å². The smallest absolute Gasteiger partial charge is 0.169 e. The predicted octanol–water partition coefficient (Wildman–Crippen LogP) is 0.824. The van der Waals surface area contributed by atoms with Gasteiger partial charge in [-0.25, -0.2) is 8.78 Å². The van der Waals surface area contributed by atoms with Crippen LogP contribution in [0.3, 0.4) is 0 Å². The molecule has 1 aromatic carbocycles. The van der Waals surface area contributed by atoms with Crippen molar-refractivity contribution in [2.24, 2.45) is 0 Å². The standard InChI is InChI=1S/C13H17F2NO3/c14-11-3-1-2-10(13(11)15)12(19)4-5-16(6-8-17)7-9-18/h1-3,17-18H,4-9H2. The zero-order valence-corrected chi connectivity index (χ0v) is 10.5. The number of halogens is 2. The Labute approximate surface area is 110 Å². The van der Waals surface area contributed by atoms with E-state index < -0.39 is 17.4 Å². The van der Waals surface area contributed by atoms with Gasteiger partial charge in [-0.1, -0.05) is 6.07 Å². The van der Waals surface area contributed by atoms with Crippen LogP contribution in [0.5, 0.6) is 0 Å². The Bertz CT molecular complexity index is 420. The zero-order chi connectivity index (χ0) is 14.3. The summed E-state index contributed by atoms with van der Waals surface area (Å²) < 4.78 is 26.4. The Hall–Kier alpha value is -1.37. The van der Waals surface area contributed by atoms with E-state index in [1.165, 1.54) is 12.1 Å². The molecule has 0 aliphatic heterocycles. The number of hydrogen-bond acceptors (Lipinski definition) is 4. The highest BCUT2D eigenvalue weighted by Gasteiger charge is 2.16. The minimum Gasteiger partial charge on any atom is -0.395 e. The summed E-state index contributed by atoms with van der Waals surface area (Å²) in [5, 5.41) is 17.6. The third-order valence-electron chi connectivity index (χ3n) is 2.74. The number of carbonyl (C=O) groups excluding carboxylic acids is 1. The normalized spacial score (nSPS) is 11.0. The van der Waals surface area contributed by atoms with Crippen LogP contribution in [0.2, 0.25) is 0 Å². The maximum atomic E-state index is 13.4. The molecule has 6 heteroatoms. The van der Waals surface area contributed by atoms with Crippen molar-refractivity contribution < 1.29 is 23.8 Å². The van der Waals surface area contributed by atoms with Crippen LogP contribution in [0.25, 0.3) is 0 Å². The monoisotopic (exact) mass is 273 g/mol. The van der Waals surface area contributed by atoms with Crippen molar-refractivity contribution in [1.82, 2.24) is 4.90 Å². The fraction of sp³-hybridized carbons (Fsp3) is 0.462. The summed E-state index contributed by atoms with van der Waals surface area (Å²) in [5.41, 5.74) is -0.270. The molecule has 1 aromatic rings. The number of nitrogens with zero attached hydrogens (tertiary/aromatic N) is 1. The highest BCUT2D eigenvalue weighted by molar-refractivity contribution is 5.96. The van der Waals surface area contributed by atoms with E-state index >= 15 is 0 Å². The van der Waals surface area contributed by atoms with Gasteiger partial charge in [-0.2, -0.15) is 0 Å². The highest BCUT2D eigenvalue weighted by atomic mass is 19.2. The Balaban J connectivity index is 2.61. The number of hydrogen-bond donors (Lipinski definition) is 2. The van der Waals surface area contributed by atoms with E-state index in [2.05, 4.69) is 0 Å². The molecule has 0 atom stereocenters. The van der Waals surface area contributed by atoms with Crippen LogP contribution in [0, 0.1) is 11.6 Å². The lowest BCUT2D eigenvalue weighted by Gasteiger charge is -2.19. The van der Waals surface area contributed by atoms with E-state index in [1.807, 2.05) is 0 Å². The largest absolute Gasteiger partial charge is 0.395 e. The molecule has 2 N–H and O–H groups in total. The van der Waals surface area contributed by atoms with E-state index in [4.69, 9.17) is 10.2 Å². The minimum absolute atomic E-state index is 0.000370. The van der Waals surface area contributed by atoms with Gasteiger partial charge in [0, 0.05) is 26.1 Å². The van der Waals surface area contributed by atoms with Gasteiger partial charge < -0.3 is 10.2 Å². The number of carbonyl (C=O) groups is 1. The van der Waals surface area contributed by atoms with Gasteiger partial charge in [-0.15, -0.1) is 0 Å². The summed E-state index contributed by atoms with van der Waals surface area (Å²) >= 11 is 0. The van der Waals surface area contributed by atoms with Crippen LogP contribution in [0.15, 0.2) is 18.2 Å². The summed E-state index contributed by atoms with van der Waals surface area (Å²) in [6, 6.07) is 3.48. The van der Waals surface area contributed by atoms with Crippen LogP contribution in [-0.2, 0) is 0 Å². The van der Waals surface area contributed by atoms with Crippen molar-refractivity contribution >= 4 is 5.78 Å². The first kappa shape index (κ1) is 15.7. The number of ketones is 1. The lowest BCUT2D eigenvalue weighted by molar-refractivity contribution is 0.0942. The minimum atomic E-state index is -1.14. The van der Waals surface area contributed by atoms with Gasteiger partial charge in [-0.3, -0.25) is 9.69 Å². The maximum absolute atomic E-state index is 13.4. The molecule has 0 amide bonds. The van der Waals surface area contributed by atoms with E-state index in [-0.39, 0.29) is 31.7 Å². The van der Waals surface area contributed by atoms with Gasteiger partial charge in [0.2, 0.25) is 0 Å². The van der Waals surface area contributed by atoms with Crippen LogP contribution >= 0.6 is 0 Å². The van der Waals surface area contributed by atoms with Gasteiger partial charge in [0.1, 0.15) is 0 Å². The highest BCUT2D eigenvalue weighted by Crippen LogP contribution is 2.13. The Kier molecular flexibility index (Phi) is 6.55. The van der Waals surface area contributed by atoms with Crippen molar-refractivity contribution in [3.63, 3.8) is 0 Å². The molecular weight excluding hydrogens is 256 g/mol. The summed E-state index contributed by atoms with van der Waals surface area (Å²) in [7, 11) is 0. The van der Waals surface area contributed by atoms with Crippen molar-refractivity contribution in [1.29, 1.82) is 0 Å². The first-order chi connectivity index (χ1) is 9.10. The van der Waals surface area contributed by atoms with Crippen molar-refractivity contribution in [3.05, 3.63) is 35.4 Å². The lowest BCUT2D eigenvalue weighted by atomic mass is 10.1. The molecule has 0 aliphatic carbocycles. The number of aliphatic hydroxyl groups excluding tert-OH is 2. The molecule has 0 aromatic heterocycles. The number of rotatable bonds is 8. The lowest BCUT2D eigenvalue weighted by Crippen LogP contribution is -2.32. The second kappa shape index (κ2) is 7.93. The molecule has 1 rings (SSSR count). The Morgan fingerprint density at radius 3 is 2.32 bits per heavy atom. The van der Waals surface area contributed by atoms with Gasteiger partial charge in [0.05, 0.1) is 18.8 Å². The first-order valence-corrected chi connectivity index (χ1v) is 6.01. The van der Waals surface area contributed by atoms with Crippen LogP contribution in [0.4, 0.5) is 8.78 Å². The summed E-state index contributed by atoms with van der Waals surface area (Å²) in [6.45, 7) is 0.722. The topological polar surface area (TPSA) is 60.8 Å². The molecule has 106 valence electrons. The molecule has 0 spiro atoms. The van der Waals surface area contributed by atoms with Crippen LogP contribution in [-0.4, -0.2) is 53.7 Å². The van der Waals surface area contributed by atoms with Crippen molar-refractivity contribution in [3.8, 4) is 0 Å². The number of Topliss-reactive ketones (excluding diaryl/α,β-unsaturated/α-hetero) is 1. The first-order valence-electron chi connectivity index (χ1n) is 6.01. The van der Waals surface area contributed by atoms with Crippen LogP contribution in [0.1, 0.15) is 16.8 Å². The molecular formula is C13H17F2NO3. The average Bonchev–Trinajstić information content (AvgIpc) is 2.39. The molecule has 0 saturated carbocycles.